The van der Waals surface area contributed by atoms with E-state index in [9.17, 15) is 4.79 Å². The summed E-state index contributed by atoms with van der Waals surface area (Å²) in [5.74, 6) is 0.810. The highest BCUT2D eigenvalue weighted by Gasteiger charge is 2.23. The summed E-state index contributed by atoms with van der Waals surface area (Å²) >= 11 is 1.53. The first-order chi connectivity index (χ1) is 15.1. The van der Waals surface area contributed by atoms with Crippen molar-refractivity contribution in [1.29, 1.82) is 0 Å². The zero-order valence-electron chi connectivity index (χ0n) is 18.2. The summed E-state index contributed by atoms with van der Waals surface area (Å²) in [5, 5.41) is 2.75. The monoisotopic (exact) mass is 433 g/mol. The number of rotatable bonds is 8. The van der Waals surface area contributed by atoms with Crippen molar-refractivity contribution in [2.75, 3.05) is 38.7 Å². The number of fused-ring (bicyclic) bond motifs is 2. The van der Waals surface area contributed by atoms with Crippen LogP contribution in [0.1, 0.15) is 23.7 Å². The van der Waals surface area contributed by atoms with Crippen molar-refractivity contribution in [3.63, 3.8) is 0 Å². The summed E-state index contributed by atoms with van der Waals surface area (Å²) in [5.41, 5.74) is 1.59. The molecule has 0 unspecified atom stereocenters. The highest BCUT2D eigenvalue weighted by atomic mass is 32.1. The molecule has 31 heavy (non-hydrogen) atoms. The Morgan fingerprint density at radius 1 is 1.03 bits per heavy atom. The molecule has 0 aliphatic rings. The van der Waals surface area contributed by atoms with Gasteiger partial charge in [-0.3, -0.25) is 9.69 Å². The molecular formula is C25H27N3O2S. The quantitative estimate of drug-likeness (QED) is 0.371. The normalized spacial score (nSPS) is 11.4. The number of carbonyl (C=O) groups excluding carboxylic acids is 1. The Labute approximate surface area is 186 Å². The Morgan fingerprint density at radius 2 is 1.84 bits per heavy atom. The fraction of sp³-hybridized carbons (Fsp3) is 0.280. The van der Waals surface area contributed by atoms with Gasteiger partial charge < -0.3 is 9.64 Å². The third-order valence-corrected chi connectivity index (χ3v) is 6.18. The summed E-state index contributed by atoms with van der Waals surface area (Å²) in [6, 6.07) is 19.8. The van der Waals surface area contributed by atoms with Crippen LogP contribution >= 0.6 is 11.3 Å². The Kier molecular flexibility index (Phi) is 6.49. The predicted molar refractivity (Wildman–Crippen MR) is 130 cm³/mol. The summed E-state index contributed by atoms with van der Waals surface area (Å²) in [4.78, 5) is 22.5. The molecule has 0 bridgehead atoms. The maximum absolute atomic E-state index is 13.7. The SMILES string of the molecule is CCOc1ccc2nc(N(CCCN(C)C)C(=O)c3cccc4ccccc34)sc2c1. The van der Waals surface area contributed by atoms with Crippen LogP contribution in [0.25, 0.3) is 21.0 Å². The lowest BCUT2D eigenvalue weighted by atomic mass is 10.0. The number of hydrogen-bond acceptors (Lipinski definition) is 5. The van der Waals surface area contributed by atoms with Crippen LogP contribution in [0, 0.1) is 0 Å². The molecule has 6 heteroatoms. The van der Waals surface area contributed by atoms with Crippen molar-refractivity contribution in [1.82, 2.24) is 9.88 Å². The van der Waals surface area contributed by atoms with E-state index in [1.165, 1.54) is 11.3 Å². The lowest BCUT2D eigenvalue weighted by molar-refractivity contribution is 0.0987. The number of hydrogen-bond donors (Lipinski definition) is 0. The molecule has 0 atom stereocenters. The number of benzene rings is 3. The Balaban J connectivity index is 1.73. The van der Waals surface area contributed by atoms with Crippen molar-refractivity contribution in [2.24, 2.45) is 0 Å². The van der Waals surface area contributed by atoms with Gasteiger partial charge in [-0.25, -0.2) is 4.98 Å². The highest BCUT2D eigenvalue weighted by Crippen LogP contribution is 2.33. The maximum atomic E-state index is 13.7. The van der Waals surface area contributed by atoms with Crippen molar-refractivity contribution in [3.8, 4) is 5.75 Å². The Bertz CT molecular complexity index is 1200. The van der Waals surface area contributed by atoms with Crippen molar-refractivity contribution < 1.29 is 9.53 Å². The molecule has 0 radical (unpaired) electrons. The average molecular weight is 434 g/mol. The van der Waals surface area contributed by atoms with Crippen molar-refractivity contribution in [3.05, 3.63) is 66.2 Å². The predicted octanol–water partition coefficient (Wildman–Crippen LogP) is 5.45. The van der Waals surface area contributed by atoms with E-state index in [1.54, 1.807) is 0 Å². The van der Waals surface area contributed by atoms with E-state index in [1.807, 2.05) is 86.6 Å². The maximum Gasteiger partial charge on any atom is 0.260 e. The smallest absolute Gasteiger partial charge is 0.260 e. The molecule has 3 aromatic carbocycles. The third-order valence-electron chi connectivity index (χ3n) is 5.14. The molecular weight excluding hydrogens is 406 g/mol. The number of carbonyl (C=O) groups is 1. The number of ether oxygens (including phenoxy) is 1. The first-order valence-electron chi connectivity index (χ1n) is 10.5. The number of anilines is 1. The molecule has 0 saturated carbocycles. The van der Waals surface area contributed by atoms with Gasteiger partial charge in [0, 0.05) is 12.1 Å². The van der Waals surface area contributed by atoms with Crippen LogP contribution in [0.5, 0.6) is 5.75 Å². The topological polar surface area (TPSA) is 45.7 Å². The average Bonchev–Trinajstić information content (AvgIpc) is 3.19. The first-order valence-corrected chi connectivity index (χ1v) is 11.4. The van der Waals surface area contributed by atoms with Crippen LogP contribution in [-0.2, 0) is 0 Å². The summed E-state index contributed by atoms with van der Waals surface area (Å²) < 4.78 is 6.65. The molecule has 0 fully saturated rings. The standard InChI is InChI=1S/C25H27N3O2S/c1-4-30-19-13-14-22-23(17-19)31-25(26-22)28(16-8-15-27(2)3)24(29)21-12-7-10-18-9-5-6-11-20(18)21/h5-7,9-14,17H,4,8,15-16H2,1-3H3. The minimum atomic E-state index is -0.0142. The molecule has 1 aromatic heterocycles. The van der Waals surface area contributed by atoms with Crippen molar-refractivity contribution in [2.45, 2.75) is 13.3 Å². The van der Waals surface area contributed by atoms with E-state index in [-0.39, 0.29) is 5.91 Å². The number of nitrogens with zero attached hydrogens (tertiary/aromatic N) is 3. The molecule has 1 heterocycles. The largest absolute Gasteiger partial charge is 0.494 e. The summed E-state index contributed by atoms with van der Waals surface area (Å²) in [7, 11) is 4.09. The number of aromatic nitrogens is 1. The number of thiazole rings is 1. The molecule has 0 spiro atoms. The molecule has 4 aromatic rings. The van der Waals surface area contributed by atoms with Crippen molar-refractivity contribution >= 4 is 43.4 Å². The molecule has 4 rings (SSSR count). The molecule has 0 aliphatic heterocycles. The lowest BCUT2D eigenvalue weighted by Gasteiger charge is -2.21. The van der Waals surface area contributed by atoms with E-state index in [0.29, 0.717) is 18.7 Å². The van der Waals surface area contributed by atoms with Crippen LogP contribution in [0.2, 0.25) is 0 Å². The van der Waals surface area contributed by atoms with Gasteiger partial charge in [-0.05, 0) is 69.0 Å². The Hall–Kier alpha value is -2.96. The molecule has 0 N–H and O–H groups in total. The van der Waals surface area contributed by atoms with E-state index < -0.39 is 0 Å². The second-order valence-corrected chi connectivity index (χ2v) is 8.71. The van der Waals surface area contributed by atoms with E-state index in [2.05, 4.69) is 4.90 Å². The van der Waals surface area contributed by atoms with E-state index in [0.717, 1.165) is 44.8 Å². The van der Waals surface area contributed by atoms with Crippen LogP contribution in [0.4, 0.5) is 5.13 Å². The second-order valence-electron chi connectivity index (χ2n) is 7.70. The molecule has 160 valence electrons. The lowest BCUT2D eigenvalue weighted by Crippen LogP contribution is -2.33. The number of amides is 1. The molecule has 0 aliphatic carbocycles. The minimum Gasteiger partial charge on any atom is -0.494 e. The molecule has 0 saturated heterocycles. The van der Waals surface area contributed by atoms with Crippen LogP contribution in [0.3, 0.4) is 0 Å². The van der Waals surface area contributed by atoms with E-state index >= 15 is 0 Å². The molecule has 5 nitrogen and oxygen atoms in total. The van der Waals surface area contributed by atoms with Crippen LogP contribution in [0.15, 0.2) is 60.7 Å². The minimum absolute atomic E-state index is 0.0142. The van der Waals surface area contributed by atoms with E-state index in [4.69, 9.17) is 9.72 Å². The van der Waals surface area contributed by atoms with Gasteiger partial charge in [0.15, 0.2) is 5.13 Å². The fourth-order valence-electron chi connectivity index (χ4n) is 3.65. The van der Waals surface area contributed by atoms with Gasteiger partial charge in [-0.2, -0.15) is 0 Å². The highest BCUT2D eigenvalue weighted by molar-refractivity contribution is 7.22. The van der Waals surface area contributed by atoms with Gasteiger partial charge in [0.2, 0.25) is 0 Å². The van der Waals surface area contributed by atoms with Gasteiger partial charge >= 0.3 is 0 Å². The van der Waals surface area contributed by atoms with Crippen LogP contribution in [-0.4, -0.2) is 49.6 Å². The molecule has 1 amide bonds. The third kappa shape index (κ3) is 4.70. The Morgan fingerprint density at radius 3 is 2.65 bits per heavy atom. The summed E-state index contributed by atoms with van der Waals surface area (Å²) in [6.45, 7) is 4.10. The van der Waals surface area contributed by atoms with Gasteiger partial charge in [0.1, 0.15) is 5.75 Å². The van der Waals surface area contributed by atoms with Gasteiger partial charge in [0.25, 0.3) is 5.91 Å². The zero-order valence-corrected chi connectivity index (χ0v) is 19.0. The van der Waals surface area contributed by atoms with Gasteiger partial charge in [-0.1, -0.05) is 47.7 Å². The van der Waals surface area contributed by atoms with Gasteiger partial charge in [0.05, 0.1) is 16.8 Å². The first kappa shape index (κ1) is 21.3. The second kappa shape index (κ2) is 9.45. The fourth-order valence-corrected chi connectivity index (χ4v) is 4.67. The summed E-state index contributed by atoms with van der Waals surface area (Å²) in [6.07, 6.45) is 0.865. The van der Waals surface area contributed by atoms with Crippen LogP contribution < -0.4 is 9.64 Å². The zero-order chi connectivity index (χ0) is 21.8. The van der Waals surface area contributed by atoms with Gasteiger partial charge in [-0.15, -0.1) is 0 Å².